The molecular formula is C25H34ClIO7S. The van der Waals surface area contributed by atoms with Gasteiger partial charge in [-0.1, -0.05) is 38.1 Å². The van der Waals surface area contributed by atoms with E-state index in [1.54, 1.807) is 23.0 Å². The molecule has 0 radical (unpaired) electrons. The Morgan fingerprint density at radius 2 is 1.37 bits per heavy atom. The van der Waals surface area contributed by atoms with Crippen molar-refractivity contribution in [1.29, 1.82) is 0 Å². The summed E-state index contributed by atoms with van der Waals surface area (Å²) in [6.07, 6.45) is -0.634. The van der Waals surface area contributed by atoms with Crippen molar-refractivity contribution >= 4 is 44.4 Å². The van der Waals surface area contributed by atoms with Crippen molar-refractivity contribution in [1.82, 2.24) is 0 Å². The molecule has 35 heavy (non-hydrogen) atoms. The van der Waals surface area contributed by atoms with Crippen LogP contribution >= 0.6 is 34.6 Å². The first-order valence-electron chi connectivity index (χ1n) is 11.4. The summed E-state index contributed by atoms with van der Waals surface area (Å²) in [4.78, 5) is 0. The number of unbranched alkanes of at least 4 members (excludes halogenated alkanes) is 1. The van der Waals surface area contributed by atoms with Crippen LogP contribution in [0, 0.1) is 0 Å². The van der Waals surface area contributed by atoms with Crippen molar-refractivity contribution in [2.45, 2.75) is 44.3 Å². The fraction of sp³-hybridized carbons (Fsp3) is 0.520. The number of rotatable bonds is 16. The molecule has 2 atom stereocenters. The zero-order chi connectivity index (χ0) is 25.9. The Bertz CT molecular complexity index is 982. The molecule has 196 valence electrons. The minimum absolute atomic E-state index is 0.0241. The number of hydrogen-bond donors (Lipinski definition) is 2. The average Bonchev–Trinajstić information content (AvgIpc) is 2.84. The molecule has 0 aliphatic heterocycles. The van der Waals surface area contributed by atoms with E-state index in [4.69, 9.17) is 24.1 Å². The molecule has 0 aromatic heterocycles. The summed E-state index contributed by atoms with van der Waals surface area (Å²) in [5.41, 5.74) is 1.86. The third kappa shape index (κ3) is 10.4. The molecule has 2 rings (SSSR count). The number of ether oxygens (including phenoxy) is 2. The predicted octanol–water partition coefficient (Wildman–Crippen LogP) is 4.29. The Morgan fingerprint density at radius 3 is 1.83 bits per heavy atom. The van der Waals surface area contributed by atoms with E-state index in [-0.39, 0.29) is 36.0 Å². The SMILES string of the molecule is CC(C)(c1ccc(OC[C@H](O)CCl)cc1)c1ccc(OC[C@@H](O)CS(=O)(=O)CCCCOI)cc1. The fourth-order valence-corrected chi connectivity index (χ4v) is 5.33. The van der Waals surface area contributed by atoms with Gasteiger partial charge in [-0.3, -0.25) is 0 Å². The molecular weight excluding hydrogens is 607 g/mol. The first-order chi connectivity index (χ1) is 16.6. The highest BCUT2D eigenvalue weighted by Gasteiger charge is 2.23. The van der Waals surface area contributed by atoms with Gasteiger partial charge in [0.25, 0.3) is 0 Å². The van der Waals surface area contributed by atoms with Gasteiger partial charge >= 0.3 is 0 Å². The lowest BCUT2D eigenvalue weighted by Crippen LogP contribution is -2.28. The second-order valence-electron chi connectivity index (χ2n) is 8.89. The maximum absolute atomic E-state index is 12.1. The van der Waals surface area contributed by atoms with Gasteiger partial charge in [-0.25, -0.2) is 8.42 Å². The van der Waals surface area contributed by atoms with Crippen LogP contribution < -0.4 is 9.47 Å². The Kier molecular flexibility index (Phi) is 12.5. The van der Waals surface area contributed by atoms with E-state index in [0.717, 1.165) is 11.1 Å². The van der Waals surface area contributed by atoms with Gasteiger partial charge in [-0.05, 0) is 48.2 Å². The van der Waals surface area contributed by atoms with Crippen LogP contribution in [0.5, 0.6) is 11.5 Å². The predicted molar refractivity (Wildman–Crippen MR) is 147 cm³/mol. The second kappa shape index (κ2) is 14.6. The maximum atomic E-state index is 12.1. The second-order valence-corrected chi connectivity index (χ2v) is 12.1. The van der Waals surface area contributed by atoms with E-state index >= 15 is 0 Å². The van der Waals surface area contributed by atoms with Crippen LogP contribution in [-0.4, -0.2) is 68.0 Å². The minimum Gasteiger partial charge on any atom is -0.491 e. The number of aliphatic hydroxyl groups is 2. The maximum Gasteiger partial charge on any atom is 0.152 e. The molecule has 0 heterocycles. The highest BCUT2D eigenvalue weighted by atomic mass is 127. The van der Waals surface area contributed by atoms with Crippen molar-refractivity contribution in [2.24, 2.45) is 0 Å². The van der Waals surface area contributed by atoms with Crippen LogP contribution in [0.3, 0.4) is 0 Å². The number of aliphatic hydroxyl groups excluding tert-OH is 2. The third-order valence-electron chi connectivity index (χ3n) is 5.59. The van der Waals surface area contributed by atoms with Gasteiger partial charge in [0.05, 0.1) is 24.0 Å². The van der Waals surface area contributed by atoms with Crippen LogP contribution in [0.15, 0.2) is 48.5 Å². The van der Waals surface area contributed by atoms with Gasteiger partial charge < -0.3 is 22.8 Å². The average molecular weight is 641 g/mol. The molecule has 0 saturated carbocycles. The first-order valence-corrected chi connectivity index (χ1v) is 14.6. The molecule has 2 aromatic carbocycles. The number of hydrogen-bond acceptors (Lipinski definition) is 7. The van der Waals surface area contributed by atoms with Gasteiger partial charge in [0.2, 0.25) is 0 Å². The van der Waals surface area contributed by atoms with Crippen molar-refractivity contribution in [3.63, 3.8) is 0 Å². The summed E-state index contributed by atoms with van der Waals surface area (Å²) < 4.78 is 40.3. The van der Waals surface area contributed by atoms with Crippen LogP contribution in [0.2, 0.25) is 0 Å². The Morgan fingerprint density at radius 1 is 0.886 bits per heavy atom. The molecule has 10 heteroatoms. The largest absolute Gasteiger partial charge is 0.491 e. The Labute approximate surface area is 227 Å². The zero-order valence-corrected chi connectivity index (χ0v) is 23.8. The molecule has 0 bridgehead atoms. The van der Waals surface area contributed by atoms with E-state index in [1.807, 2.05) is 48.5 Å². The summed E-state index contributed by atoms with van der Waals surface area (Å²) in [5.74, 6) is 1.04. The summed E-state index contributed by atoms with van der Waals surface area (Å²) in [6.45, 7) is 4.77. The lowest BCUT2D eigenvalue weighted by Gasteiger charge is -2.26. The Hall–Kier alpha value is -1.11. The molecule has 0 spiro atoms. The number of halogens is 2. The van der Waals surface area contributed by atoms with Crippen LogP contribution in [0.25, 0.3) is 0 Å². The van der Waals surface area contributed by atoms with Gasteiger partial charge in [-0.15, -0.1) is 11.6 Å². The van der Waals surface area contributed by atoms with Crippen molar-refractivity contribution in [3.8, 4) is 11.5 Å². The van der Waals surface area contributed by atoms with E-state index in [0.29, 0.717) is 30.9 Å². The molecule has 0 aliphatic carbocycles. The lowest BCUT2D eigenvalue weighted by atomic mass is 9.78. The van der Waals surface area contributed by atoms with E-state index in [2.05, 4.69) is 13.8 Å². The first kappa shape index (κ1) is 30.1. The smallest absolute Gasteiger partial charge is 0.152 e. The highest BCUT2D eigenvalue weighted by molar-refractivity contribution is 14.1. The van der Waals surface area contributed by atoms with Crippen LogP contribution in [0.1, 0.15) is 37.8 Å². The normalized spacial score (nSPS) is 13.9. The van der Waals surface area contributed by atoms with E-state index in [1.165, 1.54) is 0 Å². The molecule has 0 amide bonds. The van der Waals surface area contributed by atoms with Gasteiger partial charge in [0.15, 0.2) is 9.84 Å². The number of benzene rings is 2. The zero-order valence-electron chi connectivity index (χ0n) is 20.0. The monoisotopic (exact) mass is 640 g/mol. The quantitative estimate of drug-likeness (QED) is 0.160. The van der Waals surface area contributed by atoms with Crippen LogP contribution in [-0.2, 0) is 18.3 Å². The lowest BCUT2D eigenvalue weighted by molar-refractivity contribution is 0.125. The van der Waals surface area contributed by atoms with Gasteiger partial charge in [0.1, 0.15) is 59.9 Å². The molecule has 0 fully saturated rings. The molecule has 2 aromatic rings. The summed E-state index contributed by atoms with van der Waals surface area (Å²) in [7, 11) is -3.35. The highest BCUT2D eigenvalue weighted by Crippen LogP contribution is 2.33. The Balaban J connectivity index is 1.89. The summed E-state index contributed by atoms with van der Waals surface area (Å²) >= 11 is 7.37. The van der Waals surface area contributed by atoms with Gasteiger partial charge in [0, 0.05) is 5.41 Å². The van der Waals surface area contributed by atoms with E-state index in [9.17, 15) is 18.6 Å². The molecule has 7 nitrogen and oxygen atoms in total. The van der Waals surface area contributed by atoms with Crippen LogP contribution in [0.4, 0.5) is 0 Å². The summed E-state index contributed by atoms with van der Waals surface area (Å²) in [6, 6.07) is 15.2. The molecule has 2 N–H and O–H groups in total. The molecule has 0 saturated heterocycles. The van der Waals surface area contributed by atoms with Gasteiger partial charge in [-0.2, -0.15) is 0 Å². The third-order valence-corrected chi connectivity index (χ3v) is 8.19. The van der Waals surface area contributed by atoms with Crippen molar-refractivity contribution in [3.05, 3.63) is 59.7 Å². The summed E-state index contributed by atoms with van der Waals surface area (Å²) in [5, 5.41) is 19.7. The van der Waals surface area contributed by atoms with E-state index < -0.39 is 22.0 Å². The minimum atomic E-state index is -3.35. The van der Waals surface area contributed by atoms with Crippen molar-refractivity contribution < 1.29 is 31.2 Å². The molecule has 0 aliphatic rings. The number of alkyl halides is 1. The standard InChI is InChI=1S/C25H34ClIO7S/c1-25(2,19-5-9-23(10-6-19)32-16-21(28)15-26)20-7-11-24(12-8-20)33-17-22(29)18-35(30,31)14-4-3-13-34-27/h5-12,21-22,28-29H,3-4,13-18H2,1-2H3/t21-,22-/m1/s1. The van der Waals surface area contributed by atoms with Crippen molar-refractivity contribution in [2.75, 3.05) is 37.2 Å². The fourth-order valence-electron chi connectivity index (χ4n) is 3.43. The number of sulfone groups is 1. The topological polar surface area (TPSA) is 102 Å². The molecule has 0 unspecified atom stereocenters.